The first-order chi connectivity index (χ1) is 7.58. The van der Waals surface area contributed by atoms with Gasteiger partial charge in [-0.2, -0.15) is 0 Å². The van der Waals surface area contributed by atoms with Gasteiger partial charge in [-0.05, 0) is 18.2 Å². The van der Waals surface area contributed by atoms with Crippen molar-refractivity contribution in [3.8, 4) is 5.75 Å². The standard InChI is InChI=1S/C10H13ClN2O3/c1-16-9-3-2-6(11)4-7(9)13-10(15)8(14)5-12/h2-4,8,14H,5,12H2,1H3,(H,13,15). The molecule has 1 unspecified atom stereocenters. The van der Waals surface area contributed by atoms with Gasteiger partial charge in [-0.3, -0.25) is 4.79 Å². The van der Waals surface area contributed by atoms with E-state index in [0.717, 1.165) is 0 Å². The Kier molecular flexibility index (Phi) is 4.54. The highest BCUT2D eigenvalue weighted by Gasteiger charge is 2.15. The second kappa shape index (κ2) is 5.69. The number of carbonyl (C=O) groups excluding carboxylic acids is 1. The van der Waals surface area contributed by atoms with Crippen LogP contribution >= 0.6 is 11.6 Å². The highest BCUT2D eigenvalue weighted by Crippen LogP contribution is 2.27. The van der Waals surface area contributed by atoms with E-state index < -0.39 is 12.0 Å². The maximum atomic E-state index is 11.4. The number of aliphatic hydroxyl groups is 1. The minimum atomic E-state index is -1.25. The van der Waals surface area contributed by atoms with E-state index >= 15 is 0 Å². The quantitative estimate of drug-likeness (QED) is 0.724. The summed E-state index contributed by atoms with van der Waals surface area (Å²) in [5.74, 6) is -0.134. The van der Waals surface area contributed by atoms with E-state index in [2.05, 4.69) is 5.32 Å². The van der Waals surface area contributed by atoms with Gasteiger partial charge in [0.1, 0.15) is 11.9 Å². The lowest BCUT2D eigenvalue weighted by Gasteiger charge is -2.12. The van der Waals surface area contributed by atoms with Gasteiger partial charge < -0.3 is 20.9 Å². The number of carbonyl (C=O) groups is 1. The topological polar surface area (TPSA) is 84.6 Å². The van der Waals surface area contributed by atoms with Crippen LogP contribution in [0.25, 0.3) is 0 Å². The number of anilines is 1. The molecule has 0 bridgehead atoms. The molecule has 1 aromatic rings. The molecule has 0 radical (unpaired) electrons. The zero-order chi connectivity index (χ0) is 12.1. The maximum absolute atomic E-state index is 11.4. The Morgan fingerprint density at radius 2 is 2.38 bits per heavy atom. The van der Waals surface area contributed by atoms with Crippen LogP contribution in [0, 0.1) is 0 Å². The van der Waals surface area contributed by atoms with Gasteiger partial charge >= 0.3 is 0 Å². The lowest BCUT2D eigenvalue weighted by atomic mass is 10.2. The molecule has 0 aromatic heterocycles. The maximum Gasteiger partial charge on any atom is 0.254 e. The van der Waals surface area contributed by atoms with Crippen molar-refractivity contribution >= 4 is 23.2 Å². The molecule has 0 aliphatic rings. The summed E-state index contributed by atoms with van der Waals surface area (Å²) >= 11 is 5.78. The summed E-state index contributed by atoms with van der Waals surface area (Å²) in [5.41, 5.74) is 5.55. The molecule has 16 heavy (non-hydrogen) atoms. The van der Waals surface area contributed by atoms with Crippen molar-refractivity contribution < 1.29 is 14.6 Å². The van der Waals surface area contributed by atoms with Gasteiger partial charge in [0.25, 0.3) is 5.91 Å². The Hall–Kier alpha value is -1.30. The second-order valence-corrected chi connectivity index (χ2v) is 3.52. The van der Waals surface area contributed by atoms with Crippen LogP contribution in [0.15, 0.2) is 18.2 Å². The fraction of sp³-hybridized carbons (Fsp3) is 0.300. The number of benzene rings is 1. The van der Waals surface area contributed by atoms with E-state index in [1.54, 1.807) is 12.1 Å². The predicted octanol–water partition coefficient (Wildman–Crippen LogP) is 0.607. The Labute approximate surface area is 98.2 Å². The first-order valence-corrected chi connectivity index (χ1v) is 4.98. The van der Waals surface area contributed by atoms with Crippen molar-refractivity contribution in [1.82, 2.24) is 0 Å². The van der Waals surface area contributed by atoms with Crippen LogP contribution in [-0.4, -0.2) is 30.8 Å². The fourth-order valence-corrected chi connectivity index (χ4v) is 1.27. The van der Waals surface area contributed by atoms with Crippen molar-refractivity contribution in [2.75, 3.05) is 19.0 Å². The highest BCUT2D eigenvalue weighted by atomic mass is 35.5. The third-order valence-electron chi connectivity index (χ3n) is 1.95. The van der Waals surface area contributed by atoms with E-state index in [-0.39, 0.29) is 6.54 Å². The van der Waals surface area contributed by atoms with Crippen LogP contribution < -0.4 is 15.8 Å². The number of methoxy groups -OCH3 is 1. The van der Waals surface area contributed by atoms with Crippen LogP contribution in [0.3, 0.4) is 0 Å². The number of nitrogens with two attached hydrogens (primary N) is 1. The summed E-state index contributed by atoms with van der Waals surface area (Å²) in [4.78, 5) is 11.4. The Balaban J connectivity index is 2.87. The minimum absolute atomic E-state index is 0.144. The van der Waals surface area contributed by atoms with Crippen molar-refractivity contribution in [3.05, 3.63) is 23.2 Å². The lowest BCUT2D eigenvalue weighted by Crippen LogP contribution is -2.34. The summed E-state index contributed by atoms with van der Waals surface area (Å²) in [7, 11) is 1.47. The molecule has 0 fully saturated rings. The molecule has 0 heterocycles. The molecule has 1 atom stereocenters. The molecule has 0 saturated carbocycles. The number of hydrogen-bond donors (Lipinski definition) is 3. The molecule has 5 nitrogen and oxygen atoms in total. The van der Waals surface area contributed by atoms with Crippen molar-refractivity contribution in [3.63, 3.8) is 0 Å². The highest BCUT2D eigenvalue weighted by molar-refractivity contribution is 6.31. The largest absolute Gasteiger partial charge is 0.495 e. The predicted molar refractivity (Wildman–Crippen MR) is 61.7 cm³/mol. The molecule has 1 amide bonds. The molecule has 0 aliphatic carbocycles. The lowest BCUT2D eigenvalue weighted by molar-refractivity contribution is -0.123. The molecule has 0 saturated heterocycles. The van der Waals surface area contributed by atoms with Crippen LogP contribution in [0.2, 0.25) is 5.02 Å². The van der Waals surface area contributed by atoms with Gasteiger partial charge in [-0.1, -0.05) is 11.6 Å². The number of aliphatic hydroxyl groups excluding tert-OH is 1. The molecule has 6 heteroatoms. The van der Waals surface area contributed by atoms with Gasteiger partial charge in [-0.15, -0.1) is 0 Å². The van der Waals surface area contributed by atoms with Crippen molar-refractivity contribution in [2.24, 2.45) is 5.73 Å². The summed E-state index contributed by atoms with van der Waals surface area (Å²) in [6, 6.07) is 4.78. The number of ether oxygens (including phenoxy) is 1. The average Bonchev–Trinajstić information content (AvgIpc) is 2.28. The SMILES string of the molecule is COc1ccc(Cl)cc1NC(=O)C(O)CN. The molecular formula is C10H13ClN2O3. The third-order valence-corrected chi connectivity index (χ3v) is 2.18. The number of halogens is 1. The Morgan fingerprint density at radius 1 is 1.69 bits per heavy atom. The van der Waals surface area contributed by atoms with Gasteiger partial charge in [0.15, 0.2) is 0 Å². The number of hydrogen-bond acceptors (Lipinski definition) is 4. The zero-order valence-corrected chi connectivity index (χ0v) is 9.49. The van der Waals surface area contributed by atoms with Crippen LogP contribution in [0.5, 0.6) is 5.75 Å². The van der Waals surface area contributed by atoms with Crippen molar-refractivity contribution in [2.45, 2.75) is 6.10 Å². The Bertz CT molecular complexity index is 384. The monoisotopic (exact) mass is 244 g/mol. The van der Waals surface area contributed by atoms with E-state index in [1.807, 2.05) is 0 Å². The fourth-order valence-electron chi connectivity index (χ4n) is 1.10. The van der Waals surface area contributed by atoms with Gasteiger partial charge in [0.05, 0.1) is 12.8 Å². The summed E-state index contributed by atoms with van der Waals surface area (Å²) in [6.07, 6.45) is -1.25. The van der Waals surface area contributed by atoms with E-state index in [9.17, 15) is 9.90 Å². The summed E-state index contributed by atoms with van der Waals surface area (Å²) in [6.45, 7) is -0.144. The number of rotatable bonds is 4. The molecule has 0 aliphatic heterocycles. The minimum Gasteiger partial charge on any atom is -0.495 e. The van der Waals surface area contributed by atoms with Crippen molar-refractivity contribution in [1.29, 1.82) is 0 Å². The summed E-state index contributed by atoms with van der Waals surface area (Å²) in [5, 5.41) is 12.1. The smallest absolute Gasteiger partial charge is 0.254 e. The van der Waals surface area contributed by atoms with Gasteiger partial charge in [0.2, 0.25) is 0 Å². The summed E-state index contributed by atoms with van der Waals surface area (Å²) < 4.78 is 5.03. The average molecular weight is 245 g/mol. The van der Waals surface area contributed by atoms with Gasteiger partial charge in [0, 0.05) is 11.6 Å². The van der Waals surface area contributed by atoms with Crippen LogP contribution in [-0.2, 0) is 4.79 Å². The Morgan fingerprint density at radius 3 is 2.94 bits per heavy atom. The molecule has 0 spiro atoms. The zero-order valence-electron chi connectivity index (χ0n) is 8.74. The molecule has 4 N–H and O–H groups in total. The van der Waals surface area contributed by atoms with Gasteiger partial charge in [-0.25, -0.2) is 0 Å². The first kappa shape index (κ1) is 12.8. The second-order valence-electron chi connectivity index (χ2n) is 3.09. The van der Waals surface area contributed by atoms with Crippen LogP contribution in [0.4, 0.5) is 5.69 Å². The molecule has 1 rings (SSSR count). The van der Waals surface area contributed by atoms with E-state index in [0.29, 0.717) is 16.5 Å². The number of amides is 1. The van der Waals surface area contributed by atoms with Crippen LogP contribution in [0.1, 0.15) is 0 Å². The number of nitrogens with one attached hydrogen (secondary N) is 1. The molecule has 88 valence electrons. The molecular weight excluding hydrogens is 232 g/mol. The first-order valence-electron chi connectivity index (χ1n) is 4.61. The molecule has 1 aromatic carbocycles. The third kappa shape index (κ3) is 3.10. The van der Waals surface area contributed by atoms with E-state index in [1.165, 1.54) is 13.2 Å². The van der Waals surface area contributed by atoms with E-state index in [4.69, 9.17) is 22.1 Å². The normalized spacial score (nSPS) is 12.0.